The number of rotatable bonds is 5. The highest BCUT2D eigenvalue weighted by atomic mass is 35.5. The molecule has 0 amide bonds. The SMILES string of the molecule is CC(C)NCc1cccc(F)c1Oc1cccc(Cl)c1. The molecule has 0 aliphatic carbocycles. The van der Waals surface area contributed by atoms with Crippen LogP contribution in [0.3, 0.4) is 0 Å². The second kappa shape index (κ2) is 6.73. The van der Waals surface area contributed by atoms with Crippen molar-refractivity contribution in [3.63, 3.8) is 0 Å². The smallest absolute Gasteiger partial charge is 0.167 e. The molecule has 2 rings (SSSR count). The molecule has 0 aliphatic heterocycles. The molecule has 0 spiro atoms. The van der Waals surface area contributed by atoms with E-state index in [2.05, 4.69) is 5.32 Å². The summed E-state index contributed by atoms with van der Waals surface area (Å²) in [7, 11) is 0. The Balaban J connectivity index is 2.25. The lowest BCUT2D eigenvalue weighted by atomic mass is 10.2. The predicted molar refractivity (Wildman–Crippen MR) is 79.9 cm³/mol. The standard InChI is InChI=1S/C16H17ClFNO/c1-11(2)19-10-12-5-3-8-15(18)16(12)20-14-7-4-6-13(17)9-14/h3-9,11,19H,10H2,1-2H3. The van der Waals surface area contributed by atoms with Gasteiger partial charge < -0.3 is 10.1 Å². The van der Waals surface area contributed by atoms with Crippen LogP contribution >= 0.6 is 11.6 Å². The first kappa shape index (κ1) is 14.8. The summed E-state index contributed by atoms with van der Waals surface area (Å²) in [5.41, 5.74) is 0.777. The fourth-order valence-electron chi connectivity index (χ4n) is 1.77. The Morgan fingerprint density at radius 1 is 1.20 bits per heavy atom. The Morgan fingerprint density at radius 3 is 2.65 bits per heavy atom. The first-order valence-electron chi connectivity index (χ1n) is 6.50. The maximum atomic E-state index is 14.0. The van der Waals surface area contributed by atoms with Gasteiger partial charge in [-0.15, -0.1) is 0 Å². The number of hydrogen-bond donors (Lipinski definition) is 1. The van der Waals surface area contributed by atoms with Crippen molar-refractivity contribution >= 4 is 11.6 Å². The average Bonchev–Trinajstić information content (AvgIpc) is 2.39. The van der Waals surface area contributed by atoms with E-state index in [1.165, 1.54) is 6.07 Å². The van der Waals surface area contributed by atoms with E-state index < -0.39 is 0 Å². The van der Waals surface area contributed by atoms with Gasteiger partial charge in [0.25, 0.3) is 0 Å². The van der Waals surface area contributed by atoms with E-state index in [0.29, 0.717) is 23.4 Å². The minimum atomic E-state index is -0.381. The Hall–Kier alpha value is -1.58. The third kappa shape index (κ3) is 3.95. The van der Waals surface area contributed by atoms with Crippen molar-refractivity contribution in [2.75, 3.05) is 0 Å². The maximum absolute atomic E-state index is 14.0. The second-order valence-corrected chi connectivity index (χ2v) is 5.26. The van der Waals surface area contributed by atoms with Gasteiger partial charge in [-0.3, -0.25) is 0 Å². The minimum absolute atomic E-state index is 0.239. The molecule has 2 aromatic rings. The quantitative estimate of drug-likeness (QED) is 0.857. The van der Waals surface area contributed by atoms with E-state index in [1.807, 2.05) is 19.9 Å². The Morgan fingerprint density at radius 2 is 1.95 bits per heavy atom. The first-order chi connectivity index (χ1) is 9.56. The van der Waals surface area contributed by atoms with Crippen LogP contribution in [0.4, 0.5) is 4.39 Å². The molecule has 0 aliphatic rings. The molecule has 0 fully saturated rings. The van der Waals surface area contributed by atoms with E-state index in [-0.39, 0.29) is 11.6 Å². The molecule has 106 valence electrons. The Labute approximate surface area is 123 Å². The lowest BCUT2D eigenvalue weighted by Gasteiger charge is -2.14. The highest BCUT2D eigenvalue weighted by Crippen LogP contribution is 2.29. The molecule has 2 aromatic carbocycles. The minimum Gasteiger partial charge on any atom is -0.454 e. The summed E-state index contributed by atoms with van der Waals surface area (Å²) >= 11 is 5.91. The summed E-state index contributed by atoms with van der Waals surface area (Å²) in [5, 5.41) is 3.81. The monoisotopic (exact) mass is 293 g/mol. The molecule has 0 bridgehead atoms. The molecule has 20 heavy (non-hydrogen) atoms. The van der Waals surface area contributed by atoms with Gasteiger partial charge in [0.2, 0.25) is 0 Å². The molecule has 0 radical (unpaired) electrons. The molecule has 0 unspecified atom stereocenters. The van der Waals surface area contributed by atoms with Gasteiger partial charge in [-0.1, -0.05) is 43.6 Å². The number of nitrogens with one attached hydrogen (secondary N) is 1. The number of hydrogen-bond acceptors (Lipinski definition) is 2. The van der Waals surface area contributed by atoms with Gasteiger partial charge >= 0.3 is 0 Å². The van der Waals surface area contributed by atoms with Gasteiger partial charge in [0, 0.05) is 23.2 Å². The van der Waals surface area contributed by atoms with Crippen LogP contribution in [0.25, 0.3) is 0 Å². The van der Waals surface area contributed by atoms with Crippen LogP contribution in [-0.2, 0) is 6.54 Å². The molecular weight excluding hydrogens is 277 g/mol. The van der Waals surface area contributed by atoms with Gasteiger partial charge in [0.1, 0.15) is 5.75 Å². The fraction of sp³-hybridized carbons (Fsp3) is 0.250. The average molecular weight is 294 g/mol. The lowest BCUT2D eigenvalue weighted by Crippen LogP contribution is -2.22. The highest BCUT2D eigenvalue weighted by Gasteiger charge is 2.11. The van der Waals surface area contributed by atoms with Crippen LogP contribution < -0.4 is 10.1 Å². The lowest BCUT2D eigenvalue weighted by molar-refractivity contribution is 0.431. The number of benzene rings is 2. The van der Waals surface area contributed by atoms with Crippen LogP contribution in [0, 0.1) is 5.82 Å². The van der Waals surface area contributed by atoms with Crippen molar-refractivity contribution in [3.05, 3.63) is 58.9 Å². The van der Waals surface area contributed by atoms with Crippen LogP contribution in [0.5, 0.6) is 11.5 Å². The van der Waals surface area contributed by atoms with Crippen LogP contribution in [0.1, 0.15) is 19.4 Å². The largest absolute Gasteiger partial charge is 0.454 e. The zero-order valence-corrected chi connectivity index (χ0v) is 12.2. The molecule has 0 aromatic heterocycles. The summed E-state index contributed by atoms with van der Waals surface area (Å²) < 4.78 is 19.6. The van der Waals surface area contributed by atoms with Crippen LogP contribution in [-0.4, -0.2) is 6.04 Å². The van der Waals surface area contributed by atoms with Crippen LogP contribution in [0.2, 0.25) is 5.02 Å². The van der Waals surface area contributed by atoms with E-state index in [4.69, 9.17) is 16.3 Å². The molecule has 0 saturated carbocycles. The summed E-state index contributed by atoms with van der Waals surface area (Å²) in [6.07, 6.45) is 0. The predicted octanol–water partition coefficient (Wildman–Crippen LogP) is 4.77. The molecule has 0 heterocycles. The van der Waals surface area contributed by atoms with Crippen molar-refractivity contribution in [1.82, 2.24) is 5.32 Å². The van der Waals surface area contributed by atoms with Crippen LogP contribution in [0.15, 0.2) is 42.5 Å². The zero-order chi connectivity index (χ0) is 14.5. The summed E-state index contributed by atoms with van der Waals surface area (Å²) in [4.78, 5) is 0. The van der Waals surface area contributed by atoms with E-state index in [1.54, 1.807) is 30.3 Å². The first-order valence-corrected chi connectivity index (χ1v) is 6.88. The van der Waals surface area contributed by atoms with Crippen molar-refractivity contribution in [2.24, 2.45) is 0 Å². The van der Waals surface area contributed by atoms with E-state index in [0.717, 1.165) is 5.56 Å². The number of ether oxygens (including phenoxy) is 1. The zero-order valence-electron chi connectivity index (χ0n) is 11.5. The molecule has 4 heteroatoms. The molecule has 0 saturated heterocycles. The fourth-order valence-corrected chi connectivity index (χ4v) is 1.95. The van der Waals surface area contributed by atoms with Crippen molar-refractivity contribution in [3.8, 4) is 11.5 Å². The van der Waals surface area contributed by atoms with E-state index >= 15 is 0 Å². The number of halogens is 2. The van der Waals surface area contributed by atoms with Gasteiger partial charge in [-0.05, 0) is 24.3 Å². The normalized spacial score (nSPS) is 10.8. The second-order valence-electron chi connectivity index (χ2n) is 4.82. The summed E-state index contributed by atoms with van der Waals surface area (Å²) in [5.74, 6) is 0.379. The molecule has 1 N–H and O–H groups in total. The maximum Gasteiger partial charge on any atom is 0.167 e. The van der Waals surface area contributed by atoms with E-state index in [9.17, 15) is 4.39 Å². The van der Waals surface area contributed by atoms with Gasteiger partial charge in [0.05, 0.1) is 0 Å². The summed E-state index contributed by atoms with van der Waals surface area (Å²) in [6.45, 7) is 4.62. The van der Waals surface area contributed by atoms with Crippen molar-refractivity contribution in [2.45, 2.75) is 26.4 Å². The van der Waals surface area contributed by atoms with Gasteiger partial charge in [0.15, 0.2) is 11.6 Å². The Bertz CT molecular complexity index is 586. The van der Waals surface area contributed by atoms with Crippen molar-refractivity contribution in [1.29, 1.82) is 0 Å². The Kier molecular flexibility index (Phi) is 4.99. The molecule has 2 nitrogen and oxygen atoms in total. The molecular formula is C16H17ClFNO. The third-order valence-corrected chi connectivity index (χ3v) is 3.00. The number of para-hydroxylation sites is 1. The van der Waals surface area contributed by atoms with Crippen molar-refractivity contribution < 1.29 is 9.13 Å². The summed E-state index contributed by atoms with van der Waals surface area (Å²) in [6, 6.07) is 12.2. The topological polar surface area (TPSA) is 21.3 Å². The third-order valence-electron chi connectivity index (χ3n) is 2.77. The molecule has 0 atom stereocenters. The van der Waals surface area contributed by atoms with Gasteiger partial charge in [-0.2, -0.15) is 0 Å². The highest BCUT2D eigenvalue weighted by molar-refractivity contribution is 6.30. The van der Waals surface area contributed by atoms with Gasteiger partial charge in [-0.25, -0.2) is 4.39 Å².